The molecule has 0 saturated carbocycles. The van der Waals surface area contributed by atoms with Crippen LogP contribution in [0.3, 0.4) is 0 Å². The summed E-state index contributed by atoms with van der Waals surface area (Å²) >= 11 is 3.98. The molecule has 0 aromatic heterocycles. The third-order valence-electron chi connectivity index (χ3n) is 5.38. The molecule has 2 fully saturated rings. The van der Waals surface area contributed by atoms with E-state index in [4.69, 9.17) is 0 Å². The third kappa shape index (κ3) is 4.89. The summed E-state index contributed by atoms with van der Waals surface area (Å²) in [6.07, 6.45) is 2.67. The molecule has 2 aliphatic heterocycles. The summed E-state index contributed by atoms with van der Waals surface area (Å²) in [5, 5.41) is 3.11. The van der Waals surface area contributed by atoms with Crippen LogP contribution in [-0.4, -0.2) is 30.5 Å². The molecule has 2 aromatic rings. The Morgan fingerprint density at radius 1 is 0.963 bits per heavy atom. The van der Waals surface area contributed by atoms with Gasteiger partial charge in [0.05, 0.1) is 17.7 Å². The molecular weight excluding hydrogens is 372 g/mol. The molecule has 0 radical (unpaired) electrons. The van der Waals surface area contributed by atoms with Crippen molar-refractivity contribution in [2.75, 3.05) is 24.6 Å². The van der Waals surface area contributed by atoms with Crippen LogP contribution in [-0.2, 0) is 13.1 Å². The van der Waals surface area contributed by atoms with E-state index in [1.54, 1.807) is 4.90 Å². The highest BCUT2D eigenvalue weighted by Gasteiger charge is 2.19. The molecular formula is C22H27N2OS2+. The lowest BCUT2D eigenvalue weighted by molar-refractivity contribution is -0.901. The van der Waals surface area contributed by atoms with Gasteiger partial charge in [-0.1, -0.05) is 36.4 Å². The number of likely N-dealkylation sites (tertiary alicyclic amines) is 1. The molecule has 0 bridgehead atoms. The van der Waals surface area contributed by atoms with Gasteiger partial charge in [-0.15, -0.1) is 23.5 Å². The van der Waals surface area contributed by atoms with Gasteiger partial charge in [-0.05, 0) is 23.3 Å². The van der Waals surface area contributed by atoms with E-state index >= 15 is 0 Å². The largest absolute Gasteiger partial charge is 0.348 e. The molecule has 4 rings (SSSR count). The van der Waals surface area contributed by atoms with Crippen molar-refractivity contribution >= 4 is 29.4 Å². The normalized spacial score (nSPS) is 18.1. The molecule has 0 spiro atoms. The first-order chi connectivity index (χ1) is 13.3. The molecule has 3 nitrogen and oxygen atoms in total. The van der Waals surface area contributed by atoms with Gasteiger partial charge in [-0.2, -0.15) is 0 Å². The average molecular weight is 400 g/mol. The maximum atomic E-state index is 12.6. The Bertz CT molecular complexity index is 766. The Balaban J connectivity index is 1.36. The van der Waals surface area contributed by atoms with Gasteiger partial charge >= 0.3 is 0 Å². The van der Waals surface area contributed by atoms with E-state index in [0.717, 1.165) is 12.1 Å². The smallest absolute Gasteiger partial charge is 0.251 e. The summed E-state index contributed by atoms with van der Waals surface area (Å²) in [7, 11) is 0. The van der Waals surface area contributed by atoms with Crippen molar-refractivity contribution in [3.05, 3.63) is 70.8 Å². The van der Waals surface area contributed by atoms with E-state index in [-0.39, 0.29) is 5.91 Å². The molecule has 1 amide bonds. The number of carbonyl (C=O) groups is 1. The van der Waals surface area contributed by atoms with Crippen molar-refractivity contribution in [3.63, 3.8) is 0 Å². The topological polar surface area (TPSA) is 33.5 Å². The fraction of sp³-hybridized carbons (Fsp3) is 0.409. The van der Waals surface area contributed by atoms with Crippen molar-refractivity contribution < 1.29 is 9.69 Å². The number of amides is 1. The molecule has 2 heterocycles. The molecule has 2 aliphatic rings. The van der Waals surface area contributed by atoms with Crippen molar-refractivity contribution in [2.24, 2.45) is 0 Å². The third-order valence-corrected chi connectivity index (χ3v) is 8.48. The van der Waals surface area contributed by atoms with Gasteiger partial charge in [0.15, 0.2) is 0 Å². The molecule has 0 unspecified atom stereocenters. The van der Waals surface area contributed by atoms with E-state index < -0.39 is 0 Å². The Morgan fingerprint density at radius 2 is 1.63 bits per heavy atom. The summed E-state index contributed by atoms with van der Waals surface area (Å²) < 4.78 is 0.530. The van der Waals surface area contributed by atoms with Crippen LogP contribution in [0.4, 0.5) is 0 Å². The van der Waals surface area contributed by atoms with Crippen LogP contribution in [0.25, 0.3) is 0 Å². The monoisotopic (exact) mass is 399 g/mol. The Morgan fingerprint density at radius 3 is 2.33 bits per heavy atom. The summed E-state index contributed by atoms with van der Waals surface area (Å²) in [4.78, 5) is 14.2. The Kier molecular flexibility index (Phi) is 6.43. The standard InChI is InChI=1S/C22H26N2OS2/c25-21(17-7-9-18(10-8-17)22-26-13-14-27-22)23-15-19-5-1-2-6-20(19)16-24-11-3-4-12-24/h1-2,5-10,22H,3-4,11-16H2,(H,23,25)/p+1. The molecule has 5 heteroatoms. The summed E-state index contributed by atoms with van der Waals surface area (Å²) in [6.45, 7) is 4.20. The van der Waals surface area contributed by atoms with Gasteiger partial charge in [0.2, 0.25) is 0 Å². The highest BCUT2D eigenvalue weighted by Crippen LogP contribution is 2.45. The lowest BCUT2D eigenvalue weighted by Crippen LogP contribution is -3.08. The maximum absolute atomic E-state index is 12.6. The number of thioether (sulfide) groups is 2. The molecule has 0 atom stereocenters. The average Bonchev–Trinajstić information content (AvgIpc) is 3.41. The number of carbonyl (C=O) groups excluding carboxylic acids is 1. The lowest BCUT2D eigenvalue weighted by atomic mass is 10.1. The van der Waals surface area contributed by atoms with Crippen molar-refractivity contribution in [1.82, 2.24) is 5.32 Å². The van der Waals surface area contributed by atoms with Crippen LogP contribution in [0, 0.1) is 0 Å². The van der Waals surface area contributed by atoms with Gasteiger partial charge in [-0.3, -0.25) is 4.79 Å². The van der Waals surface area contributed by atoms with E-state index in [0.29, 0.717) is 11.1 Å². The van der Waals surface area contributed by atoms with Crippen LogP contribution in [0.15, 0.2) is 48.5 Å². The Hall–Kier alpha value is -1.43. The second-order valence-electron chi connectivity index (χ2n) is 7.28. The first kappa shape index (κ1) is 18.9. The van der Waals surface area contributed by atoms with Gasteiger partial charge in [0, 0.05) is 42.0 Å². The lowest BCUT2D eigenvalue weighted by Gasteiger charge is -2.15. The van der Waals surface area contributed by atoms with Crippen LogP contribution in [0.5, 0.6) is 0 Å². The minimum atomic E-state index is 0.0107. The number of rotatable bonds is 6. The number of benzene rings is 2. The van der Waals surface area contributed by atoms with Gasteiger partial charge in [-0.25, -0.2) is 0 Å². The highest BCUT2D eigenvalue weighted by molar-refractivity contribution is 8.19. The Labute approximate surface area is 170 Å². The second-order valence-corrected chi connectivity index (χ2v) is 10.0. The van der Waals surface area contributed by atoms with Crippen LogP contribution in [0.2, 0.25) is 0 Å². The number of hydrogen-bond donors (Lipinski definition) is 2. The number of hydrogen-bond acceptors (Lipinski definition) is 3. The van der Waals surface area contributed by atoms with E-state index in [2.05, 4.69) is 41.7 Å². The van der Waals surface area contributed by atoms with Crippen molar-refractivity contribution in [2.45, 2.75) is 30.5 Å². The number of quaternary nitrogens is 1. The van der Waals surface area contributed by atoms with Crippen LogP contribution < -0.4 is 10.2 Å². The zero-order valence-corrected chi connectivity index (χ0v) is 17.2. The summed E-state index contributed by atoms with van der Waals surface area (Å²) in [6, 6.07) is 16.7. The quantitative estimate of drug-likeness (QED) is 0.782. The van der Waals surface area contributed by atoms with E-state index in [9.17, 15) is 4.79 Å². The second kappa shape index (κ2) is 9.18. The van der Waals surface area contributed by atoms with Crippen molar-refractivity contribution in [1.29, 1.82) is 0 Å². The highest BCUT2D eigenvalue weighted by atomic mass is 32.2. The van der Waals surface area contributed by atoms with Gasteiger partial charge in [0.25, 0.3) is 5.91 Å². The molecule has 142 valence electrons. The predicted octanol–water partition coefficient (Wildman–Crippen LogP) is 3.27. The summed E-state index contributed by atoms with van der Waals surface area (Å²) in [5.41, 5.74) is 4.66. The SMILES string of the molecule is O=C(NCc1ccccc1C[NH+]1CCCC1)c1ccc(C2SCCS2)cc1. The zero-order chi connectivity index (χ0) is 18.5. The minimum absolute atomic E-state index is 0.0107. The zero-order valence-electron chi connectivity index (χ0n) is 15.6. The molecule has 2 N–H and O–H groups in total. The fourth-order valence-electron chi connectivity index (χ4n) is 3.84. The minimum Gasteiger partial charge on any atom is -0.348 e. The fourth-order valence-corrected chi connectivity index (χ4v) is 6.70. The first-order valence-corrected chi connectivity index (χ1v) is 11.9. The molecule has 2 saturated heterocycles. The number of nitrogens with one attached hydrogen (secondary N) is 2. The van der Waals surface area contributed by atoms with Crippen LogP contribution >= 0.6 is 23.5 Å². The van der Waals surface area contributed by atoms with Gasteiger partial charge < -0.3 is 10.2 Å². The molecule has 2 aromatic carbocycles. The van der Waals surface area contributed by atoms with Crippen LogP contribution in [0.1, 0.15) is 44.5 Å². The van der Waals surface area contributed by atoms with E-state index in [1.165, 1.54) is 54.1 Å². The summed E-state index contributed by atoms with van der Waals surface area (Å²) in [5.74, 6) is 2.45. The molecule has 0 aliphatic carbocycles. The predicted molar refractivity (Wildman–Crippen MR) is 115 cm³/mol. The van der Waals surface area contributed by atoms with E-state index in [1.807, 2.05) is 35.7 Å². The maximum Gasteiger partial charge on any atom is 0.251 e. The first-order valence-electron chi connectivity index (χ1n) is 9.81. The molecule has 27 heavy (non-hydrogen) atoms. The van der Waals surface area contributed by atoms with Gasteiger partial charge in [0.1, 0.15) is 6.54 Å². The van der Waals surface area contributed by atoms with Crippen molar-refractivity contribution in [3.8, 4) is 0 Å².